The zero-order valence-electron chi connectivity index (χ0n) is 15.8. The molecule has 0 aromatic carbocycles. The number of nitrogens with one attached hydrogen (secondary N) is 2. The predicted molar refractivity (Wildman–Crippen MR) is 117 cm³/mol. The molecule has 25 heavy (non-hydrogen) atoms. The summed E-state index contributed by atoms with van der Waals surface area (Å²) in [6, 6.07) is 0.605. The van der Waals surface area contributed by atoms with Crippen molar-refractivity contribution in [1.29, 1.82) is 0 Å². The highest BCUT2D eigenvalue weighted by atomic mass is 127. The zero-order valence-corrected chi connectivity index (χ0v) is 18.9. The Balaban J connectivity index is 0.00000312. The van der Waals surface area contributed by atoms with Crippen LogP contribution in [0.3, 0.4) is 0 Å². The van der Waals surface area contributed by atoms with Crippen LogP contribution in [0.15, 0.2) is 10.1 Å². The molecule has 1 heterocycles. The predicted octanol–water partition coefficient (Wildman–Crippen LogP) is 3.63. The third-order valence-electron chi connectivity index (χ3n) is 4.52. The lowest BCUT2D eigenvalue weighted by Crippen LogP contribution is -2.38. The van der Waals surface area contributed by atoms with Crippen molar-refractivity contribution in [3.8, 4) is 0 Å². The maximum atomic E-state index is 4.45. The first kappa shape index (κ1) is 22.5. The van der Waals surface area contributed by atoms with Gasteiger partial charge in [0.25, 0.3) is 0 Å². The molecule has 0 aliphatic heterocycles. The van der Waals surface area contributed by atoms with Crippen LogP contribution in [-0.4, -0.2) is 47.1 Å². The molecule has 0 unspecified atom stereocenters. The first-order chi connectivity index (χ1) is 11.8. The molecule has 1 aromatic heterocycles. The second kappa shape index (κ2) is 12.8. The molecule has 0 bridgehead atoms. The number of aromatic nitrogens is 3. The van der Waals surface area contributed by atoms with Gasteiger partial charge in [-0.15, -0.1) is 34.2 Å². The van der Waals surface area contributed by atoms with Crippen LogP contribution in [0.5, 0.6) is 0 Å². The van der Waals surface area contributed by atoms with Gasteiger partial charge in [0.05, 0.1) is 0 Å². The lowest BCUT2D eigenvalue weighted by molar-refractivity contribution is 0.460. The number of aryl methyl sites for hydroxylation is 1. The summed E-state index contributed by atoms with van der Waals surface area (Å²) >= 11 is 1.71. The number of rotatable bonds is 9. The molecule has 1 fully saturated rings. The Hall–Kier alpha value is -0.510. The van der Waals surface area contributed by atoms with Gasteiger partial charge in [-0.1, -0.05) is 37.9 Å². The molecule has 6 nitrogen and oxygen atoms in total. The van der Waals surface area contributed by atoms with Crippen molar-refractivity contribution >= 4 is 41.7 Å². The smallest absolute Gasteiger partial charge is 0.191 e. The molecule has 0 radical (unpaired) electrons. The van der Waals surface area contributed by atoms with E-state index in [1.165, 1.54) is 38.5 Å². The van der Waals surface area contributed by atoms with E-state index in [1.54, 1.807) is 11.8 Å². The Morgan fingerprint density at radius 1 is 1.20 bits per heavy atom. The van der Waals surface area contributed by atoms with Gasteiger partial charge < -0.3 is 15.2 Å². The minimum atomic E-state index is 0. The summed E-state index contributed by atoms with van der Waals surface area (Å²) in [5.41, 5.74) is 0. The second-order valence-electron chi connectivity index (χ2n) is 6.29. The largest absolute Gasteiger partial charge is 0.356 e. The highest BCUT2D eigenvalue weighted by Gasteiger charge is 2.23. The lowest BCUT2D eigenvalue weighted by Gasteiger charge is -2.16. The molecule has 0 saturated heterocycles. The maximum absolute atomic E-state index is 4.45. The molecule has 1 saturated carbocycles. The van der Waals surface area contributed by atoms with Gasteiger partial charge in [0.2, 0.25) is 0 Å². The van der Waals surface area contributed by atoms with Gasteiger partial charge in [0.15, 0.2) is 11.1 Å². The van der Waals surface area contributed by atoms with E-state index < -0.39 is 0 Å². The molecule has 1 aromatic rings. The molecule has 8 heteroatoms. The standard InChI is InChI=1S/C17H32N6S.HI/c1-4-5-12-19-16(18-2)20-13-8-11-15-21-22-17(24-3)23(15)14-9-6-7-10-14;/h14H,4-13H2,1-3H3,(H2,18,19,20);1H. The average molecular weight is 480 g/mol. The zero-order chi connectivity index (χ0) is 17.2. The molecular formula is C17H33IN6S. The number of thioether (sulfide) groups is 1. The minimum Gasteiger partial charge on any atom is -0.356 e. The molecule has 0 atom stereocenters. The second-order valence-corrected chi connectivity index (χ2v) is 7.07. The number of guanidine groups is 1. The minimum absolute atomic E-state index is 0. The van der Waals surface area contributed by atoms with E-state index in [4.69, 9.17) is 0 Å². The van der Waals surface area contributed by atoms with Crippen LogP contribution in [0.1, 0.15) is 63.7 Å². The van der Waals surface area contributed by atoms with Gasteiger partial charge in [0.1, 0.15) is 5.82 Å². The quantitative estimate of drug-likeness (QED) is 0.186. The Morgan fingerprint density at radius 3 is 2.48 bits per heavy atom. The summed E-state index contributed by atoms with van der Waals surface area (Å²) in [6.45, 7) is 4.07. The van der Waals surface area contributed by atoms with Crippen molar-refractivity contribution in [1.82, 2.24) is 25.4 Å². The summed E-state index contributed by atoms with van der Waals surface area (Å²) in [4.78, 5) is 4.26. The highest BCUT2D eigenvalue weighted by Crippen LogP contribution is 2.33. The summed E-state index contributed by atoms with van der Waals surface area (Å²) in [6.07, 6.45) is 11.6. The van der Waals surface area contributed by atoms with E-state index in [-0.39, 0.29) is 24.0 Å². The molecule has 144 valence electrons. The lowest BCUT2D eigenvalue weighted by atomic mass is 10.2. The van der Waals surface area contributed by atoms with Gasteiger partial charge in [-0.3, -0.25) is 4.99 Å². The molecule has 2 rings (SSSR count). The van der Waals surface area contributed by atoms with Crippen molar-refractivity contribution in [3.63, 3.8) is 0 Å². The number of unbranched alkanes of at least 4 members (excludes halogenated alkanes) is 1. The van der Waals surface area contributed by atoms with Crippen LogP contribution in [0, 0.1) is 0 Å². The molecule has 0 spiro atoms. The van der Waals surface area contributed by atoms with Gasteiger partial charge in [-0.2, -0.15) is 0 Å². The summed E-state index contributed by atoms with van der Waals surface area (Å²) < 4.78 is 2.39. The van der Waals surface area contributed by atoms with E-state index in [0.717, 1.165) is 42.9 Å². The van der Waals surface area contributed by atoms with Gasteiger partial charge >= 0.3 is 0 Å². The number of hydrogen-bond acceptors (Lipinski definition) is 4. The Labute approximate surface area is 173 Å². The highest BCUT2D eigenvalue weighted by molar-refractivity contribution is 14.0. The van der Waals surface area contributed by atoms with E-state index >= 15 is 0 Å². The topological polar surface area (TPSA) is 67.1 Å². The fourth-order valence-corrected chi connectivity index (χ4v) is 3.78. The summed E-state index contributed by atoms with van der Waals surface area (Å²) in [5, 5.41) is 16.6. The van der Waals surface area contributed by atoms with Crippen LogP contribution in [0.4, 0.5) is 0 Å². The average Bonchev–Trinajstić information content (AvgIpc) is 3.25. The first-order valence-electron chi connectivity index (χ1n) is 9.22. The molecule has 1 aliphatic rings. The normalized spacial score (nSPS) is 15.2. The third kappa shape index (κ3) is 6.96. The van der Waals surface area contributed by atoms with Gasteiger partial charge in [-0.05, 0) is 31.9 Å². The van der Waals surface area contributed by atoms with Crippen LogP contribution in [0.25, 0.3) is 0 Å². The monoisotopic (exact) mass is 480 g/mol. The van der Waals surface area contributed by atoms with Gasteiger partial charge in [0, 0.05) is 32.6 Å². The van der Waals surface area contributed by atoms with Crippen LogP contribution >= 0.6 is 35.7 Å². The Bertz CT molecular complexity index is 513. The molecular weight excluding hydrogens is 447 g/mol. The van der Waals surface area contributed by atoms with Gasteiger partial charge in [-0.25, -0.2) is 0 Å². The fourth-order valence-electron chi connectivity index (χ4n) is 3.20. The number of nitrogens with zero attached hydrogens (tertiary/aromatic N) is 4. The van der Waals surface area contributed by atoms with Crippen LogP contribution < -0.4 is 10.6 Å². The Morgan fingerprint density at radius 2 is 1.88 bits per heavy atom. The van der Waals surface area contributed by atoms with E-state index in [0.29, 0.717) is 6.04 Å². The maximum Gasteiger partial charge on any atom is 0.191 e. The number of halogens is 1. The van der Waals surface area contributed by atoms with Crippen LogP contribution in [-0.2, 0) is 6.42 Å². The van der Waals surface area contributed by atoms with Crippen LogP contribution in [0.2, 0.25) is 0 Å². The first-order valence-corrected chi connectivity index (χ1v) is 10.4. The SMILES string of the molecule is CCCCNC(=NC)NCCCc1nnc(SC)n1C1CCCC1.I. The van der Waals surface area contributed by atoms with Crippen molar-refractivity contribution in [2.45, 2.75) is 69.5 Å². The fraction of sp³-hybridized carbons (Fsp3) is 0.824. The molecule has 0 amide bonds. The van der Waals surface area contributed by atoms with Crippen molar-refractivity contribution in [2.75, 3.05) is 26.4 Å². The van der Waals surface area contributed by atoms with Crippen molar-refractivity contribution in [3.05, 3.63) is 5.82 Å². The summed E-state index contributed by atoms with van der Waals surface area (Å²) in [7, 11) is 1.82. The van der Waals surface area contributed by atoms with Crippen molar-refractivity contribution < 1.29 is 0 Å². The molecule has 2 N–H and O–H groups in total. The third-order valence-corrected chi connectivity index (χ3v) is 5.17. The molecule has 1 aliphatic carbocycles. The Kier molecular flexibility index (Phi) is 11.5. The van der Waals surface area contributed by atoms with E-state index in [1.807, 2.05) is 7.05 Å². The number of aliphatic imine (C=N–C) groups is 1. The van der Waals surface area contributed by atoms with E-state index in [2.05, 4.69) is 43.6 Å². The van der Waals surface area contributed by atoms with Crippen molar-refractivity contribution in [2.24, 2.45) is 4.99 Å². The van der Waals surface area contributed by atoms with E-state index in [9.17, 15) is 0 Å². The number of hydrogen-bond donors (Lipinski definition) is 2. The summed E-state index contributed by atoms with van der Waals surface area (Å²) in [5.74, 6) is 2.03.